The fourth-order valence-corrected chi connectivity index (χ4v) is 4.04. The third kappa shape index (κ3) is 3.98. The van der Waals surface area contributed by atoms with E-state index in [-0.39, 0.29) is 29.4 Å². The summed E-state index contributed by atoms with van der Waals surface area (Å²) in [6.07, 6.45) is 0. The maximum atomic E-state index is 12.7. The Balaban J connectivity index is 2.81. The van der Waals surface area contributed by atoms with Crippen molar-refractivity contribution >= 4 is 37.8 Å². The van der Waals surface area contributed by atoms with Crippen LogP contribution in [0.3, 0.4) is 0 Å². The van der Waals surface area contributed by atoms with E-state index in [9.17, 15) is 10.1 Å². The van der Waals surface area contributed by atoms with Crippen LogP contribution >= 0.6 is 31.9 Å². The molecule has 0 amide bonds. The molecule has 1 aliphatic rings. The summed E-state index contributed by atoms with van der Waals surface area (Å²) in [5, 5.41) is 9.72. The van der Waals surface area contributed by atoms with Crippen molar-refractivity contribution in [3.63, 3.8) is 0 Å². The van der Waals surface area contributed by atoms with Crippen LogP contribution < -0.4 is 15.2 Å². The molecule has 0 spiro atoms. The van der Waals surface area contributed by atoms with Gasteiger partial charge in [-0.15, -0.1) is 0 Å². The minimum Gasteiger partial charge on any atom is -0.492 e. The van der Waals surface area contributed by atoms with E-state index in [1.54, 1.807) is 19.9 Å². The van der Waals surface area contributed by atoms with Crippen LogP contribution in [0.25, 0.3) is 0 Å². The van der Waals surface area contributed by atoms with Crippen LogP contribution in [-0.4, -0.2) is 26.3 Å². The van der Waals surface area contributed by atoms with E-state index in [4.69, 9.17) is 24.7 Å². The fraction of sp³-hybridized carbons (Fsp3) is 0.368. The second-order valence-electron chi connectivity index (χ2n) is 5.67. The molecule has 0 fully saturated rings. The van der Waals surface area contributed by atoms with Crippen molar-refractivity contribution in [2.24, 2.45) is 5.73 Å². The molecule has 0 saturated heterocycles. The number of allylic oxidation sites excluding steroid dienone is 2. The van der Waals surface area contributed by atoms with Gasteiger partial charge in [-0.1, -0.05) is 0 Å². The molecule has 0 aliphatic carbocycles. The summed E-state index contributed by atoms with van der Waals surface area (Å²) >= 11 is 7.03. The third-order valence-corrected chi connectivity index (χ3v) is 6.21. The Morgan fingerprint density at radius 3 is 2.54 bits per heavy atom. The summed E-state index contributed by atoms with van der Waals surface area (Å²) in [5.74, 6) is -0.223. The number of hydrogen-bond acceptors (Lipinski definition) is 7. The second-order valence-corrected chi connectivity index (χ2v) is 7.26. The summed E-state index contributed by atoms with van der Waals surface area (Å²) < 4.78 is 22.9. The van der Waals surface area contributed by atoms with Crippen molar-refractivity contribution in [1.82, 2.24) is 0 Å². The molecule has 0 saturated carbocycles. The fourth-order valence-electron chi connectivity index (χ4n) is 2.93. The van der Waals surface area contributed by atoms with E-state index in [1.807, 2.05) is 6.92 Å². The monoisotopic (exact) mass is 514 g/mol. The number of methoxy groups -OCH3 is 1. The van der Waals surface area contributed by atoms with Crippen molar-refractivity contribution in [1.29, 1.82) is 5.26 Å². The molecule has 1 heterocycles. The van der Waals surface area contributed by atoms with E-state index in [1.165, 1.54) is 7.11 Å². The van der Waals surface area contributed by atoms with Crippen LogP contribution in [0, 0.1) is 11.3 Å². The minimum absolute atomic E-state index is 0.0603. The van der Waals surface area contributed by atoms with Crippen molar-refractivity contribution in [2.45, 2.75) is 26.7 Å². The van der Waals surface area contributed by atoms with Gasteiger partial charge in [0.25, 0.3) is 0 Å². The Hall–Kier alpha value is -2.18. The average Bonchev–Trinajstić information content (AvgIpc) is 2.64. The van der Waals surface area contributed by atoms with E-state index < -0.39 is 11.9 Å². The average molecular weight is 516 g/mol. The van der Waals surface area contributed by atoms with E-state index >= 15 is 0 Å². The molecule has 2 rings (SSSR count). The summed E-state index contributed by atoms with van der Waals surface area (Å²) in [6.45, 7) is 5.74. The minimum atomic E-state index is -0.798. The number of carbonyl (C=O) groups excluding carboxylic acids is 1. The highest BCUT2D eigenvalue weighted by molar-refractivity contribution is 9.13. The molecule has 7 nitrogen and oxygen atoms in total. The van der Waals surface area contributed by atoms with Gasteiger partial charge in [-0.3, -0.25) is 0 Å². The Morgan fingerprint density at radius 1 is 1.32 bits per heavy atom. The number of carbonyl (C=O) groups is 1. The molecule has 1 aliphatic heterocycles. The van der Waals surface area contributed by atoms with Crippen molar-refractivity contribution < 1.29 is 23.7 Å². The van der Waals surface area contributed by atoms with Crippen LogP contribution in [0.2, 0.25) is 0 Å². The van der Waals surface area contributed by atoms with Gasteiger partial charge in [0.1, 0.15) is 17.4 Å². The number of nitriles is 1. The number of esters is 1. The SMILES string of the molecule is CCOC(=O)C1=C(C)OC(N)=C(C#N)C1c1cc(OCC)c(OC)c(Br)c1Br. The van der Waals surface area contributed by atoms with Gasteiger partial charge in [0, 0.05) is 4.47 Å². The molecular formula is C19H20Br2N2O5. The van der Waals surface area contributed by atoms with E-state index in [0.29, 0.717) is 32.6 Å². The van der Waals surface area contributed by atoms with Crippen LogP contribution in [0.15, 0.2) is 37.8 Å². The summed E-state index contributed by atoms with van der Waals surface area (Å²) in [6, 6.07) is 3.77. The smallest absolute Gasteiger partial charge is 0.338 e. The van der Waals surface area contributed by atoms with E-state index in [2.05, 4.69) is 37.9 Å². The maximum Gasteiger partial charge on any atom is 0.338 e. The Labute approximate surface area is 180 Å². The topological polar surface area (TPSA) is 104 Å². The number of nitrogens with two attached hydrogens (primary N) is 1. The molecule has 1 aromatic rings. The predicted molar refractivity (Wildman–Crippen MR) is 110 cm³/mol. The highest BCUT2D eigenvalue weighted by Gasteiger charge is 2.38. The van der Waals surface area contributed by atoms with Crippen LogP contribution in [-0.2, 0) is 14.3 Å². The van der Waals surface area contributed by atoms with Gasteiger partial charge in [-0.05, 0) is 64.3 Å². The van der Waals surface area contributed by atoms with Gasteiger partial charge in [0.15, 0.2) is 11.5 Å². The molecule has 0 radical (unpaired) electrons. The lowest BCUT2D eigenvalue weighted by molar-refractivity contribution is -0.139. The Morgan fingerprint density at radius 2 is 2.00 bits per heavy atom. The summed E-state index contributed by atoms with van der Waals surface area (Å²) in [5.41, 5.74) is 6.84. The number of halogens is 2. The molecule has 0 bridgehead atoms. The van der Waals surface area contributed by atoms with Gasteiger partial charge in [0.2, 0.25) is 5.88 Å². The Bertz CT molecular complexity index is 903. The molecule has 150 valence electrons. The highest BCUT2D eigenvalue weighted by Crippen LogP contribution is 2.49. The molecule has 2 N–H and O–H groups in total. The number of nitrogens with zero attached hydrogens (tertiary/aromatic N) is 1. The number of hydrogen-bond donors (Lipinski definition) is 1. The first-order valence-electron chi connectivity index (χ1n) is 8.46. The lowest BCUT2D eigenvalue weighted by atomic mass is 9.83. The summed E-state index contributed by atoms with van der Waals surface area (Å²) in [4.78, 5) is 12.7. The molecule has 1 atom stereocenters. The number of benzene rings is 1. The highest BCUT2D eigenvalue weighted by atomic mass is 79.9. The molecular weight excluding hydrogens is 496 g/mol. The van der Waals surface area contributed by atoms with Crippen molar-refractivity contribution in [3.8, 4) is 17.6 Å². The van der Waals surface area contributed by atoms with Gasteiger partial charge < -0.3 is 24.7 Å². The van der Waals surface area contributed by atoms with Crippen LogP contribution in [0.5, 0.6) is 11.5 Å². The van der Waals surface area contributed by atoms with Gasteiger partial charge in [-0.25, -0.2) is 4.79 Å². The first-order valence-corrected chi connectivity index (χ1v) is 10.0. The van der Waals surface area contributed by atoms with Crippen LogP contribution in [0.1, 0.15) is 32.3 Å². The molecule has 9 heteroatoms. The number of ether oxygens (including phenoxy) is 4. The molecule has 28 heavy (non-hydrogen) atoms. The van der Waals surface area contributed by atoms with Gasteiger partial charge in [-0.2, -0.15) is 5.26 Å². The maximum absolute atomic E-state index is 12.7. The molecule has 0 aromatic heterocycles. The zero-order valence-corrected chi connectivity index (χ0v) is 19.1. The lowest BCUT2D eigenvalue weighted by Crippen LogP contribution is -2.26. The zero-order valence-electron chi connectivity index (χ0n) is 15.9. The second kappa shape index (κ2) is 9.34. The summed E-state index contributed by atoms with van der Waals surface area (Å²) in [7, 11) is 1.52. The molecule has 1 aromatic carbocycles. The Kier molecular flexibility index (Phi) is 7.38. The lowest BCUT2D eigenvalue weighted by Gasteiger charge is -2.28. The van der Waals surface area contributed by atoms with Gasteiger partial charge in [0.05, 0.1) is 36.3 Å². The van der Waals surface area contributed by atoms with Crippen molar-refractivity contribution in [2.75, 3.05) is 20.3 Å². The first kappa shape index (κ1) is 22.1. The molecule has 1 unspecified atom stereocenters. The quantitative estimate of drug-likeness (QED) is 0.564. The largest absolute Gasteiger partial charge is 0.492 e. The normalized spacial score (nSPS) is 16.4. The van der Waals surface area contributed by atoms with E-state index in [0.717, 1.165) is 0 Å². The zero-order chi connectivity index (χ0) is 21.0. The van der Waals surface area contributed by atoms with Gasteiger partial charge >= 0.3 is 5.97 Å². The number of rotatable bonds is 6. The third-order valence-electron chi connectivity index (χ3n) is 4.07. The standard InChI is InChI=1S/C19H20Br2N2O5/c1-5-26-12-7-10(15(20)16(21)17(12)25-4)14-11(8-22)18(23)28-9(3)13(14)19(24)27-6-2/h7,14H,5-6,23H2,1-4H3. The van der Waals surface area contributed by atoms with Crippen LogP contribution in [0.4, 0.5) is 0 Å². The predicted octanol–water partition coefficient (Wildman–Crippen LogP) is 4.26. The van der Waals surface area contributed by atoms with Crippen molar-refractivity contribution in [3.05, 3.63) is 43.4 Å². The first-order chi connectivity index (χ1) is 13.3.